The van der Waals surface area contributed by atoms with Crippen molar-refractivity contribution in [2.45, 2.75) is 36.0 Å². The van der Waals surface area contributed by atoms with Gasteiger partial charge in [-0.3, -0.25) is 19.5 Å². The quantitative estimate of drug-likeness (QED) is 0.224. The van der Waals surface area contributed by atoms with Gasteiger partial charge < -0.3 is 15.5 Å². The summed E-state index contributed by atoms with van der Waals surface area (Å²) in [6, 6.07) is 3.09. The molecule has 0 spiro atoms. The number of tetrazole rings is 1. The minimum atomic E-state index is -1.18. The molecule has 12 nitrogen and oxygen atoms in total. The van der Waals surface area contributed by atoms with Crippen molar-refractivity contribution >= 4 is 58.6 Å². The number of hydrogen-bond acceptors (Lipinski definition) is 10. The van der Waals surface area contributed by atoms with E-state index < -0.39 is 18.0 Å². The van der Waals surface area contributed by atoms with E-state index >= 15 is 0 Å². The van der Waals surface area contributed by atoms with Crippen molar-refractivity contribution in [3.8, 4) is 0 Å². The SMILES string of the molecule is O=C(O)CCn1nnnc1SCC1=C(C(=O)O)N2C(=O)C(NC(=S)Cc3ccncc3)[C@H]2SC1. The molecule has 2 atom stereocenters. The van der Waals surface area contributed by atoms with Gasteiger partial charge >= 0.3 is 11.9 Å². The molecule has 1 fully saturated rings. The molecule has 178 valence electrons. The predicted octanol–water partition coefficient (Wildman–Crippen LogP) is 0.417. The van der Waals surface area contributed by atoms with Crippen LogP contribution in [0.3, 0.4) is 0 Å². The lowest BCUT2D eigenvalue weighted by Crippen LogP contribution is -2.70. The number of thiocarbonyl (C=S) groups is 1. The molecule has 1 unspecified atom stereocenters. The smallest absolute Gasteiger partial charge is 0.352 e. The molecule has 0 bridgehead atoms. The number of nitrogens with zero attached hydrogens (tertiary/aromatic N) is 6. The zero-order valence-electron chi connectivity index (χ0n) is 17.5. The molecule has 2 aromatic rings. The Morgan fingerprint density at radius 1 is 1.29 bits per heavy atom. The molecular formula is C19H19N7O5S3. The number of carboxylic acid groups (broad SMARTS) is 2. The first kappa shape index (κ1) is 24.1. The third kappa shape index (κ3) is 5.20. The van der Waals surface area contributed by atoms with Crippen molar-refractivity contribution in [1.82, 2.24) is 35.4 Å². The summed E-state index contributed by atoms with van der Waals surface area (Å²) in [7, 11) is 0. The minimum absolute atomic E-state index is 0.0380. The highest BCUT2D eigenvalue weighted by atomic mass is 32.2. The fourth-order valence-electron chi connectivity index (χ4n) is 3.50. The molecule has 0 saturated carbocycles. The van der Waals surface area contributed by atoms with Gasteiger partial charge in [-0.15, -0.1) is 16.9 Å². The first-order chi connectivity index (χ1) is 16.3. The molecule has 2 aliphatic heterocycles. The van der Waals surface area contributed by atoms with E-state index in [0.717, 1.165) is 5.56 Å². The second-order valence-electron chi connectivity index (χ2n) is 7.36. The van der Waals surface area contributed by atoms with Crippen LogP contribution in [0.5, 0.6) is 0 Å². The molecule has 1 amide bonds. The predicted molar refractivity (Wildman–Crippen MR) is 126 cm³/mol. The number of aliphatic carboxylic acids is 2. The van der Waals surface area contributed by atoms with E-state index in [1.807, 2.05) is 12.1 Å². The van der Waals surface area contributed by atoms with E-state index in [0.29, 0.717) is 27.9 Å². The standard InChI is InChI=1S/C19H19N7O5S3/c27-13(28)3-6-25-19(22-23-24-25)34-9-11-8-33-17-14(16(29)26(17)15(11)18(30)31)21-12(32)7-10-1-4-20-5-2-10/h1-2,4-5,14,17H,3,6-9H2,(H,21,32)(H,27,28)(H,30,31)/t14?,17-/m1/s1. The van der Waals surface area contributed by atoms with Crippen LogP contribution >= 0.6 is 35.7 Å². The Morgan fingerprint density at radius 2 is 2.06 bits per heavy atom. The largest absolute Gasteiger partial charge is 0.481 e. The van der Waals surface area contributed by atoms with E-state index in [-0.39, 0.29) is 35.7 Å². The van der Waals surface area contributed by atoms with Crippen molar-refractivity contribution in [1.29, 1.82) is 0 Å². The summed E-state index contributed by atoms with van der Waals surface area (Å²) < 4.78 is 1.36. The van der Waals surface area contributed by atoms with Gasteiger partial charge in [0.25, 0.3) is 5.91 Å². The zero-order chi connectivity index (χ0) is 24.2. The van der Waals surface area contributed by atoms with Crippen molar-refractivity contribution in [3.05, 3.63) is 41.4 Å². The van der Waals surface area contributed by atoms with E-state index in [1.54, 1.807) is 12.4 Å². The highest BCUT2D eigenvalue weighted by Gasteiger charge is 2.53. The molecule has 0 aromatic carbocycles. The average molecular weight is 522 g/mol. The molecule has 34 heavy (non-hydrogen) atoms. The van der Waals surface area contributed by atoms with Crippen LogP contribution in [0.25, 0.3) is 0 Å². The molecule has 3 N–H and O–H groups in total. The van der Waals surface area contributed by atoms with Gasteiger partial charge in [0.05, 0.1) is 18.0 Å². The zero-order valence-corrected chi connectivity index (χ0v) is 20.0. The topological polar surface area (TPSA) is 163 Å². The van der Waals surface area contributed by atoms with Crippen LogP contribution in [0, 0.1) is 0 Å². The first-order valence-corrected chi connectivity index (χ1v) is 12.5. The van der Waals surface area contributed by atoms with Gasteiger partial charge in [0.1, 0.15) is 17.1 Å². The molecule has 2 aromatic heterocycles. The Labute approximate surface area is 207 Å². The van der Waals surface area contributed by atoms with Gasteiger partial charge in [0, 0.05) is 30.3 Å². The number of fused-ring (bicyclic) bond motifs is 1. The Hall–Kier alpha value is -3.04. The van der Waals surface area contributed by atoms with Crippen LogP contribution in [0.1, 0.15) is 12.0 Å². The Morgan fingerprint density at radius 3 is 2.76 bits per heavy atom. The fraction of sp³-hybridized carbons (Fsp3) is 0.368. The van der Waals surface area contributed by atoms with E-state index in [2.05, 4.69) is 25.8 Å². The van der Waals surface area contributed by atoms with Gasteiger partial charge in [-0.1, -0.05) is 24.0 Å². The van der Waals surface area contributed by atoms with E-state index in [1.165, 1.54) is 33.1 Å². The van der Waals surface area contributed by atoms with Gasteiger partial charge in [0.15, 0.2) is 0 Å². The van der Waals surface area contributed by atoms with Gasteiger partial charge in [0.2, 0.25) is 5.16 Å². The number of nitrogens with one attached hydrogen (secondary N) is 1. The highest BCUT2D eigenvalue weighted by molar-refractivity contribution is 8.01. The van der Waals surface area contributed by atoms with Crippen LogP contribution in [0.2, 0.25) is 0 Å². The Kier molecular flexibility index (Phi) is 7.43. The van der Waals surface area contributed by atoms with Crippen LogP contribution in [0.4, 0.5) is 0 Å². The summed E-state index contributed by atoms with van der Waals surface area (Å²) >= 11 is 8.05. The molecule has 0 radical (unpaired) electrons. The van der Waals surface area contributed by atoms with E-state index in [4.69, 9.17) is 17.3 Å². The molecule has 1 saturated heterocycles. The summed E-state index contributed by atoms with van der Waals surface area (Å²) in [5, 5.41) is 33.0. The molecule has 15 heteroatoms. The van der Waals surface area contributed by atoms with Crippen LogP contribution < -0.4 is 5.32 Å². The number of pyridine rings is 1. The van der Waals surface area contributed by atoms with Gasteiger partial charge in [-0.25, -0.2) is 9.48 Å². The third-order valence-electron chi connectivity index (χ3n) is 5.09. The Bertz CT molecular complexity index is 1160. The van der Waals surface area contributed by atoms with Gasteiger partial charge in [-0.2, -0.15) is 0 Å². The number of carboxylic acids is 2. The maximum Gasteiger partial charge on any atom is 0.352 e. The lowest BCUT2D eigenvalue weighted by molar-refractivity contribution is -0.148. The lowest BCUT2D eigenvalue weighted by Gasteiger charge is -2.49. The highest BCUT2D eigenvalue weighted by Crippen LogP contribution is 2.41. The number of amides is 1. The number of carbonyl (C=O) groups is 3. The first-order valence-electron chi connectivity index (χ1n) is 10.0. The molecule has 0 aliphatic carbocycles. The van der Waals surface area contributed by atoms with Crippen molar-refractivity contribution in [2.24, 2.45) is 0 Å². The summed E-state index contributed by atoms with van der Waals surface area (Å²) in [4.78, 5) is 41.5. The minimum Gasteiger partial charge on any atom is -0.481 e. The van der Waals surface area contributed by atoms with Crippen molar-refractivity contribution in [2.75, 3.05) is 11.5 Å². The second-order valence-corrected chi connectivity index (χ2v) is 9.90. The summed E-state index contributed by atoms with van der Waals surface area (Å²) in [5.41, 5.74) is 1.49. The number of rotatable bonds is 10. The Balaban J connectivity index is 1.41. The molecule has 4 rings (SSSR count). The van der Waals surface area contributed by atoms with Crippen LogP contribution in [-0.2, 0) is 27.3 Å². The number of carbonyl (C=O) groups excluding carboxylic acids is 1. The summed E-state index contributed by atoms with van der Waals surface area (Å²) in [6.45, 7) is 0.101. The summed E-state index contributed by atoms with van der Waals surface area (Å²) in [5.74, 6) is -1.85. The lowest BCUT2D eigenvalue weighted by atomic mass is 10.0. The third-order valence-corrected chi connectivity index (χ3v) is 7.74. The molecular weight excluding hydrogens is 502 g/mol. The van der Waals surface area contributed by atoms with Gasteiger partial charge in [-0.05, 0) is 33.7 Å². The maximum absolute atomic E-state index is 12.9. The van der Waals surface area contributed by atoms with Crippen molar-refractivity contribution in [3.63, 3.8) is 0 Å². The molecule has 4 heterocycles. The van der Waals surface area contributed by atoms with Crippen LogP contribution in [0.15, 0.2) is 41.0 Å². The summed E-state index contributed by atoms with van der Waals surface area (Å²) in [6.07, 6.45) is 3.65. The maximum atomic E-state index is 12.9. The normalized spacial score (nSPS) is 19.4. The average Bonchev–Trinajstić information content (AvgIpc) is 3.27. The number of β-lactam (4-membered cyclic amide) rings is 1. The molecule has 2 aliphatic rings. The number of hydrogen-bond donors (Lipinski definition) is 3. The second kappa shape index (κ2) is 10.5. The number of thioether (sulfide) groups is 2. The van der Waals surface area contributed by atoms with Crippen molar-refractivity contribution < 1.29 is 24.6 Å². The number of aryl methyl sites for hydroxylation is 1. The van der Waals surface area contributed by atoms with E-state index in [9.17, 15) is 19.5 Å². The fourth-order valence-corrected chi connectivity index (χ4v) is 6.18. The monoisotopic (exact) mass is 521 g/mol. The van der Waals surface area contributed by atoms with Crippen LogP contribution in [-0.4, -0.2) is 86.1 Å². The number of aromatic nitrogens is 5.